The van der Waals surface area contributed by atoms with Crippen LogP contribution in [0.25, 0.3) is 0 Å². The Morgan fingerprint density at radius 2 is 1.76 bits per heavy atom. The Morgan fingerprint density at radius 1 is 1.08 bits per heavy atom. The fourth-order valence-corrected chi connectivity index (χ4v) is 3.28. The van der Waals surface area contributed by atoms with Gasteiger partial charge in [0.25, 0.3) is 5.91 Å². The van der Waals surface area contributed by atoms with Gasteiger partial charge < -0.3 is 5.32 Å². The summed E-state index contributed by atoms with van der Waals surface area (Å²) in [6.07, 6.45) is 0.462. The highest BCUT2D eigenvalue weighted by molar-refractivity contribution is 7.14. The molecule has 1 amide bonds. The van der Waals surface area contributed by atoms with Gasteiger partial charge in [0, 0.05) is 12.5 Å². The average Bonchev–Trinajstić information content (AvgIpc) is 2.93. The van der Waals surface area contributed by atoms with Gasteiger partial charge in [0.05, 0.1) is 16.4 Å². The monoisotopic (exact) mass is 362 g/mol. The minimum atomic E-state index is -0.845. The van der Waals surface area contributed by atoms with Gasteiger partial charge in [-0.25, -0.2) is 18.2 Å². The van der Waals surface area contributed by atoms with E-state index in [4.69, 9.17) is 0 Å². The summed E-state index contributed by atoms with van der Waals surface area (Å²) in [7, 11) is 0. The van der Waals surface area contributed by atoms with E-state index >= 15 is 0 Å². The first-order valence-electron chi connectivity index (χ1n) is 7.39. The average molecular weight is 362 g/mol. The van der Waals surface area contributed by atoms with E-state index < -0.39 is 17.5 Å². The van der Waals surface area contributed by atoms with Crippen molar-refractivity contribution in [1.29, 1.82) is 0 Å². The van der Waals surface area contributed by atoms with Crippen LogP contribution in [0.2, 0.25) is 0 Å². The molecule has 0 spiro atoms. The number of halogens is 3. The number of hydrogen-bond acceptors (Lipinski definition) is 3. The lowest BCUT2D eigenvalue weighted by Crippen LogP contribution is -2.12. The first-order chi connectivity index (χ1) is 11.9. The van der Waals surface area contributed by atoms with E-state index in [1.54, 1.807) is 19.1 Å². The fourth-order valence-electron chi connectivity index (χ4n) is 2.29. The summed E-state index contributed by atoms with van der Waals surface area (Å²) in [6.45, 7) is 1.68. The van der Waals surface area contributed by atoms with Crippen molar-refractivity contribution in [1.82, 2.24) is 4.98 Å². The van der Waals surface area contributed by atoms with Gasteiger partial charge in [0.2, 0.25) is 0 Å². The molecule has 25 heavy (non-hydrogen) atoms. The van der Waals surface area contributed by atoms with Crippen molar-refractivity contribution in [2.45, 2.75) is 13.3 Å². The van der Waals surface area contributed by atoms with E-state index in [2.05, 4.69) is 10.3 Å². The van der Waals surface area contributed by atoms with Gasteiger partial charge in [-0.2, -0.15) is 0 Å². The van der Waals surface area contributed by atoms with Gasteiger partial charge in [-0.3, -0.25) is 4.79 Å². The van der Waals surface area contributed by atoms with Crippen molar-refractivity contribution in [2.75, 3.05) is 5.32 Å². The number of carbonyl (C=O) groups excluding carboxylic acids is 1. The number of amides is 1. The Kier molecular flexibility index (Phi) is 4.85. The number of carbonyl (C=O) groups is 1. The molecular weight excluding hydrogens is 349 g/mol. The Balaban J connectivity index is 1.77. The van der Waals surface area contributed by atoms with Crippen LogP contribution < -0.4 is 5.32 Å². The molecule has 0 aliphatic carbocycles. The second-order valence-electron chi connectivity index (χ2n) is 5.40. The number of benzene rings is 2. The molecule has 1 heterocycles. The van der Waals surface area contributed by atoms with Crippen molar-refractivity contribution in [3.8, 4) is 0 Å². The zero-order valence-electron chi connectivity index (χ0n) is 13.1. The quantitative estimate of drug-likeness (QED) is 0.730. The molecule has 0 aliphatic heterocycles. The first-order valence-corrected chi connectivity index (χ1v) is 8.21. The third kappa shape index (κ3) is 4.06. The van der Waals surface area contributed by atoms with Crippen LogP contribution in [0.4, 0.5) is 18.9 Å². The number of aromatic nitrogens is 1. The number of anilines is 1. The van der Waals surface area contributed by atoms with Gasteiger partial charge in [0.15, 0.2) is 0 Å². The normalized spacial score (nSPS) is 10.7. The molecule has 7 heteroatoms. The van der Waals surface area contributed by atoms with Crippen LogP contribution in [0.1, 0.15) is 25.9 Å². The first kappa shape index (κ1) is 17.2. The standard InChI is InChI=1S/C18H13F3N2OS/c1-10-17(18(24)23-15-7-6-13(20)9-14(15)21)25-16(22-10)8-11-2-4-12(19)5-3-11/h2-7,9H,8H2,1H3,(H,23,24). The number of thiazole rings is 1. The van der Waals surface area contributed by atoms with Crippen LogP contribution in [-0.4, -0.2) is 10.9 Å². The van der Waals surface area contributed by atoms with E-state index in [9.17, 15) is 18.0 Å². The Bertz CT molecular complexity index is 923. The predicted molar refractivity (Wildman–Crippen MR) is 90.4 cm³/mol. The van der Waals surface area contributed by atoms with Crippen LogP contribution in [0.5, 0.6) is 0 Å². The summed E-state index contributed by atoms with van der Waals surface area (Å²) in [5.74, 6) is -2.39. The highest BCUT2D eigenvalue weighted by atomic mass is 32.1. The van der Waals surface area contributed by atoms with Gasteiger partial charge in [-0.1, -0.05) is 12.1 Å². The summed E-state index contributed by atoms with van der Waals surface area (Å²) in [4.78, 5) is 17.0. The van der Waals surface area contributed by atoms with Gasteiger partial charge in [0.1, 0.15) is 22.3 Å². The minimum Gasteiger partial charge on any atom is -0.319 e. The van der Waals surface area contributed by atoms with Crippen LogP contribution in [0, 0.1) is 24.4 Å². The molecule has 0 bridgehead atoms. The summed E-state index contributed by atoms with van der Waals surface area (Å²) >= 11 is 1.18. The van der Waals surface area contributed by atoms with Crippen LogP contribution in [-0.2, 0) is 6.42 Å². The van der Waals surface area contributed by atoms with E-state index in [-0.39, 0.29) is 11.5 Å². The molecule has 0 radical (unpaired) electrons. The smallest absolute Gasteiger partial charge is 0.267 e. The third-order valence-corrected chi connectivity index (χ3v) is 4.65. The molecule has 3 nitrogen and oxygen atoms in total. The minimum absolute atomic E-state index is 0.0979. The fraction of sp³-hybridized carbons (Fsp3) is 0.111. The van der Waals surface area contributed by atoms with E-state index in [1.165, 1.54) is 29.5 Å². The zero-order valence-corrected chi connectivity index (χ0v) is 14.0. The summed E-state index contributed by atoms with van der Waals surface area (Å²) in [6, 6.07) is 8.96. The van der Waals surface area contributed by atoms with Gasteiger partial charge >= 0.3 is 0 Å². The number of aryl methyl sites for hydroxylation is 1. The molecule has 0 aliphatic rings. The SMILES string of the molecule is Cc1nc(Cc2ccc(F)cc2)sc1C(=O)Nc1ccc(F)cc1F. The van der Waals surface area contributed by atoms with Crippen LogP contribution in [0.15, 0.2) is 42.5 Å². The Morgan fingerprint density at radius 3 is 2.44 bits per heavy atom. The van der Waals surface area contributed by atoms with Crippen molar-refractivity contribution in [3.63, 3.8) is 0 Å². The van der Waals surface area contributed by atoms with E-state index in [0.717, 1.165) is 11.6 Å². The summed E-state index contributed by atoms with van der Waals surface area (Å²) < 4.78 is 39.5. The predicted octanol–water partition coefficient (Wildman–Crippen LogP) is 4.71. The molecule has 0 atom stereocenters. The zero-order chi connectivity index (χ0) is 18.0. The van der Waals surface area contributed by atoms with Crippen molar-refractivity contribution >= 4 is 22.9 Å². The third-order valence-electron chi connectivity index (χ3n) is 3.50. The molecule has 3 aromatic rings. The lowest BCUT2D eigenvalue weighted by molar-refractivity contribution is 0.102. The molecule has 0 saturated heterocycles. The van der Waals surface area contributed by atoms with E-state index in [0.29, 0.717) is 28.1 Å². The second kappa shape index (κ2) is 7.06. The van der Waals surface area contributed by atoms with E-state index in [1.807, 2.05) is 0 Å². The second-order valence-corrected chi connectivity index (χ2v) is 6.49. The largest absolute Gasteiger partial charge is 0.319 e. The molecule has 0 unspecified atom stereocenters. The molecular formula is C18H13F3N2OS. The molecule has 0 saturated carbocycles. The lowest BCUT2D eigenvalue weighted by atomic mass is 10.1. The molecule has 0 fully saturated rings. The highest BCUT2D eigenvalue weighted by Crippen LogP contribution is 2.23. The van der Waals surface area contributed by atoms with Crippen molar-refractivity contribution in [2.24, 2.45) is 0 Å². The Hall–Kier alpha value is -2.67. The number of nitrogens with one attached hydrogen (secondary N) is 1. The lowest BCUT2D eigenvalue weighted by Gasteiger charge is -2.05. The van der Waals surface area contributed by atoms with Gasteiger partial charge in [-0.15, -0.1) is 11.3 Å². The molecule has 3 rings (SSSR count). The maximum atomic E-state index is 13.7. The number of hydrogen-bond donors (Lipinski definition) is 1. The van der Waals surface area contributed by atoms with Crippen molar-refractivity contribution in [3.05, 3.63) is 81.1 Å². The summed E-state index contributed by atoms with van der Waals surface area (Å²) in [5.41, 5.74) is 1.29. The topological polar surface area (TPSA) is 42.0 Å². The maximum Gasteiger partial charge on any atom is 0.267 e. The van der Waals surface area contributed by atoms with Crippen molar-refractivity contribution < 1.29 is 18.0 Å². The summed E-state index contributed by atoms with van der Waals surface area (Å²) in [5, 5.41) is 3.11. The molecule has 2 aromatic carbocycles. The molecule has 1 N–H and O–H groups in total. The van der Waals surface area contributed by atoms with Crippen LogP contribution >= 0.6 is 11.3 Å². The number of nitrogens with zero attached hydrogens (tertiary/aromatic N) is 1. The Labute approximate surface area is 146 Å². The molecule has 1 aromatic heterocycles. The molecule has 128 valence electrons. The van der Waals surface area contributed by atoms with Gasteiger partial charge in [-0.05, 0) is 36.8 Å². The van der Waals surface area contributed by atoms with Crippen LogP contribution in [0.3, 0.4) is 0 Å². The maximum absolute atomic E-state index is 13.7. The highest BCUT2D eigenvalue weighted by Gasteiger charge is 2.17. The number of rotatable bonds is 4.